The SMILES string of the molecule is CCNC(=NCCSc1ccc(Cl)cc1)NC(C)Cc1c(C)nn(C)c1C.I. The van der Waals surface area contributed by atoms with Crippen molar-refractivity contribution in [2.24, 2.45) is 12.0 Å². The first-order chi connectivity index (χ1) is 12.9. The summed E-state index contributed by atoms with van der Waals surface area (Å²) in [7, 11) is 1.99. The highest BCUT2D eigenvalue weighted by molar-refractivity contribution is 14.0. The number of rotatable bonds is 8. The molecule has 28 heavy (non-hydrogen) atoms. The van der Waals surface area contributed by atoms with Gasteiger partial charge < -0.3 is 10.6 Å². The fraction of sp³-hybridized carbons (Fsp3) is 0.500. The lowest BCUT2D eigenvalue weighted by Crippen LogP contribution is -2.43. The second-order valence-electron chi connectivity index (χ2n) is 6.59. The normalized spacial score (nSPS) is 12.4. The third-order valence-corrected chi connectivity index (χ3v) is 5.58. The van der Waals surface area contributed by atoms with Crippen LogP contribution in [0.4, 0.5) is 0 Å². The van der Waals surface area contributed by atoms with Crippen LogP contribution in [0.2, 0.25) is 5.02 Å². The zero-order valence-corrected chi connectivity index (χ0v) is 21.2. The summed E-state index contributed by atoms with van der Waals surface area (Å²) < 4.78 is 1.95. The molecule has 0 spiro atoms. The molecule has 0 amide bonds. The van der Waals surface area contributed by atoms with Gasteiger partial charge in [-0.15, -0.1) is 35.7 Å². The molecule has 1 heterocycles. The van der Waals surface area contributed by atoms with Crippen LogP contribution >= 0.6 is 47.3 Å². The highest BCUT2D eigenvalue weighted by Crippen LogP contribution is 2.20. The molecule has 0 radical (unpaired) electrons. The van der Waals surface area contributed by atoms with Crippen LogP contribution < -0.4 is 10.6 Å². The van der Waals surface area contributed by atoms with E-state index >= 15 is 0 Å². The molecule has 1 aromatic heterocycles. The van der Waals surface area contributed by atoms with Crippen molar-refractivity contribution in [1.29, 1.82) is 0 Å². The highest BCUT2D eigenvalue weighted by atomic mass is 127. The number of aryl methyl sites for hydroxylation is 2. The van der Waals surface area contributed by atoms with Crippen molar-refractivity contribution in [1.82, 2.24) is 20.4 Å². The van der Waals surface area contributed by atoms with Crippen molar-refractivity contribution in [3.8, 4) is 0 Å². The third-order valence-electron chi connectivity index (χ3n) is 4.34. The molecular weight excluding hydrogens is 505 g/mol. The molecule has 0 aliphatic heterocycles. The van der Waals surface area contributed by atoms with Gasteiger partial charge >= 0.3 is 0 Å². The molecule has 0 saturated heterocycles. The second kappa shape index (κ2) is 12.6. The number of hydrogen-bond donors (Lipinski definition) is 2. The average Bonchev–Trinajstić information content (AvgIpc) is 2.86. The summed E-state index contributed by atoms with van der Waals surface area (Å²) in [5.41, 5.74) is 3.64. The molecule has 1 atom stereocenters. The van der Waals surface area contributed by atoms with Gasteiger partial charge in [-0.1, -0.05) is 11.6 Å². The van der Waals surface area contributed by atoms with Crippen LogP contribution in [-0.2, 0) is 13.5 Å². The van der Waals surface area contributed by atoms with Gasteiger partial charge in [-0.25, -0.2) is 0 Å². The first-order valence-corrected chi connectivity index (χ1v) is 10.7. The van der Waals surface area contributed by atoms with Crippen LogP contribution in [-0.4, -0.2) is 40.6 Å². The molecule has 2 aromatic rings. The molecule has 0 aliphatic rings. The van der Waals surface area contributed by atoms with E-state index < -0.39 is 0 Å². The molecule has 1 unspecified atom stereocenters. The van der Waals surface area contributed by atoms with Gasteiger partial charge in [0.25, 0.3) is 0 Å². The van der Waals surface area contributed by atoms with Gasteiger partial charge in [0.15, 0.2) is 5.96 Å². The topological polar surface area (TPSA) is 54.2 Å². The maximum absolute atomic E-state index is 5.92. The lowest BCUT2D eigenvalue weighted by Gasteiger charge is -2.18. The molecule has 156 valence electrons. The van der Waals surface area contributed by atoms with Gasteiger partial charge in [0.05, 0.1) is 12.2 Å². The van der Waals surface area contributed by atoms with Gasteiger partial charge in [-0.2, -0.15) is 5.10 Å². The summed E-state index contributed by atoms with van der Waals surface area (Å²) in [4.78, 5) is 5.92. The number of aliphatic imine (C=N–C) groups is 1. The molecule has 2 N–H and O–H groups in total. The number of hydrogen-bond acceptors (Lipinski definition) is 3. The summed E-state index contributed by atoms with van der Waals surface area (Å²) in [5, 5.41) is 12.1. The van der Waals surface area contributed by atoms with E-state index in [1.54, 1.807) is 11.8 Å². The Kier molecular flexibility index (Phi) is 11.3. The van der Waals surface area contributed by atoms with E-state index in [9.17, 15) is 0 Å². The number of guanidine groups is 1. The first kappa shape index (κ1) is 25.1. The van der Waals surface area contributed by atoms with Crippen molar-refractivity contribution in [2.45, 2.75) is 45.1 Å². The smallest absolute Gasteiger partial charge is 0.191 e. The minimum Gasteiger partial charge on any atom is -0.357 e. The molecule has 1 aromatic carbocycles. The molecule has 0 aliphatic carbocycles. The fourth-order valence-corrected chi connectivity index (χ4v) is 3.75. The van der Waals surface area contributed by atoms with E-state index in [-0.39, 0.29) is 30.0 Å². The summed E-state index contributed by atoms with van der Waals surface area (Å²) in [6.45, 7) is 10.0. The largest absolute Gasteiger partial charge is 0.357 e. The average molecular weight is 536 g/mol. The Morgan fingerprint density at radius 1 is 1.29 bits per heavy atom. The van der Waals surface area contributed by atoms with Crippen LogP contribution in [0.25, 0.3) is 0 Å². The van der Waals surface area contributed by atoms with Crippen LogP contribution in [0.1, 0.15) is 30.8 Å². The molecule has 8 heteroatoms. The Morgan fingerprint density at radius 2 is 1.96 bits per heavy atom. The minimum absolute atomic E-state index is 0. The van der Waals surface area contributed by atoms with Crippen molar-refractivity contribution < 1.29 is 0 Å². The van der Waals surface area contributed by atoms with E-state index in [0.29, 0.717) is 0 Å². The number of thioether (sulfide) groups is 1. The predicted octanol–water partition coefficient (Wildman–Crippen LogP) is 4.59. The maximum atomic E-state index is 5.92. The van der Waals surface area contributed by atoms with Crippen LogP contribution in [0, 0.1) is 13.8 Å². The van der Waals surface area contributed by atoms with Crippen molar-refractivity contribution in [3.63, 3.8) is 0 Å². The van der Waals surface area contributed by atoms with Crippen LogP contribution in [0.3, 0.4) is 0 Å². The van der Waals surface area contributed by atoms with E-state index in [1.165, 1.54) is 16.2 Å². The lowest BCUT2D eigenvalue weighted by atomic mass is 10.1. The monoisotopic (exact) mass is 535 g/mol. The Morgan fingerprint density at radius 3 is 2.54 bits per heavy atom. The van der Waals surface area contributed by atoms with Gasteiger partial charge in [0.1, 0.15) is 0 Å². The molecule has 0 bridgehead atoms. The quantitative estimate of drug-likeness (QED) is 0.171. The Labute approximate surface area is 195 Å². The van der Waals surface area contributed by atoms with Gasteiger partial charge in [-0.05, 0) is 63.9 Å². The summed E-state index contributed by atoms with van der Waals surface area (Å²) in [6.07, 6.45) is 0.926. The van der Waals surface area contributed by atoms with E-state index in [4.69, 9.17) is 16.6 Å². The van der Waals surface area contributed by atoms with Crippen molar-refractivity contribution in [2.75, 3.05) is 18.8 Å². The molecule has 0 saturated carbocycles. The van der Waals surface area contributed by atoms with Crippen molar-refractivity contribution >= 4 is 53.3 Å². The minimum atomic E-state index is 0. The van der Waals surface area contributed by atoms with Crippen molar-refractivity contribution in [3.05, 3.63) is 46.2 Å². The predicted molar refractivity (Wildman–Crippen MR) is 133 cm³/mol. The van der Waals surface area contributed by atoms with E-state index in [1.807, 2.05) is 36.0 Å². The number of benzene rings is 1. The summed E-state index contributed by atoms with van der Waals surface area (Å²) in [6, 6.07) is 8.20. The van der Waals surface area contributed by atoms with Gasteiger partial charge in [-0.3, -0.25) is 9.67 Å². The summed E-state index contributed by atoms with van der Waals surface area (Å²) >= 11 is 7.71. The zero-order chi connectivity index (χ0) is 19.8. The molecule has 0 fully saturated rings. The molecular formula is C20H31ClIN5S. The van der Waals surface area contributed by atoms with Crippen LogP contribution in [0.15, 0.2) is 34.2 Å². The Hall–Kier alpha value is -0.930. The van der Waals surface area contributed by atoms with Gasteiger partial charge in [0, 0.05) is 41.0 Å². The molecule has 2 rings (SSSR count). The lowest BCUT2D eigenvalue weighted by molar-refractivity contribution is 0.636. The second-order valence-corrected chi connectivity index (χ2v) is 8.19. The van der Waals surface area contributed by atoms with Crippen LogP contribution in [0.5, 0.6) is 0 Å². The number of halogens is 2. The fourth-order valence-electron chi connectivity index (χ4n) is 2.88. The standard InChI is InChI=1S/C20H30ClN5S.HI/c1-6-22-20(23-11-12-27-18-9-7-17(21)8-10-18)24-14(2)13-19-15(3)25-26(5)16(19)4;/h7-10,14H,6,11-13H2,1-5H3,(H2,22,23,24);1H. The molecule has 5 nitrogen and oxygen atoms in total. The Bertz CT molecular complexity index is 761. The van der Waals surface area contributed by atoms with E-state index in [2.05, 4.69) is 43.4 Å². The Balaban J connectivity index is 0.00000392. The highest BCUT2D eigenvalue weighted by Gasteiger charge is 2.13. The number of nitrogens with zero attached hydrogens (tertiary/aromatic N) is 3. The first-order valence-electron chi connectivity index (χ1n) is 9.33. The number of aromatic nitrogens is 2. The third kappa shape index (κ3) is 7.83. The number of nitrogens with one attached hydrogen (secondary N) is 2. The van der Waals surface area contributed by atoms with E-state index in [0.717, 1.165) is 41.9 Å². The maximum Gasteiger partial charge on any atom is 0.191 e. The van der Waals surface area contributed by atoms with Gasteiger partial charge in [0.2, 0.25) is 0 Å². The summed E-state index contributed by atoms with van der Waals surface area (Å²) in [5.74, 6) is 1.79. The zero-order valence-electron chi connectivity index (χ0n) is 17.3.